The Morgan fingerprint density at radius 2 is 2.19 bits per heavy atom. The Balaban J connectivity index is 2.26. The molecular formula is C11H20N2O3. The first-order chi connectivity index (χ1) is 7.49. The maximum atomic E-state index is 11.7. The zero-order valence-corrected chi connectivity index (χ0v) is 9.98. The normalized spacial score (nSPS) is 21.0. The minimum atomic E-state index is -0.861. The van der Waals surface area contributed by atoms with E-state index in [0.29, 0.717) is 18.9 Å². The van der Waals surface area contributed by atoms with Gasteiger partial charge >= 0.3 is 5.97 Å². The Kier molecular flexibility index (Phi) is 4.73. The summed E-state index contributed by atoms with van der Waals surface area (Å²) in [5.41, 5.74) is 0. The lowest BCUT2D eigenvalue weighted by molar-refractivity contribution is -0.138. The number of carboxylic acids is 1. The molecule has 0 saturated carbocycles. The Labute approximate surface area is 96.0 Å². The van der Waals surface area contributed by atoms with Gasteiger partial charge in [-0.3, -0.25) is 9.59 Å². The predicted molar refractivity (Wildman–Crippen MR) is 60.1 cm³/mol. The standard InChI is InChI=1S/C11H20N2O3/c1-12-5-3-9(8-12)7-10(14)13(2)6-4-11(15)16/h9H,3-8H2,1-2H3,(H,15,16). The summed E-state index contributed by atoms with van der Waals surface area (Å²) in [6.45, 7) is 2.33. The smallest absolute Gasteiger partial charge is 0.305 e. The van der Waals surface area contributed by atoms with Crippen LogP contribution in [0, 0.1) is 5.92 Å². The Bertz CT molecular complexity index is 268. The van der Waals surface area contributed by atoms with Gasteiger partial charge in [0.05, 0.1) is 6.42 Å². The number of rotatable bonds is 5. The Morgan fingerprint density at radius 1 is 1.50 bits per heavy atom. The lowest BCUT2D eigenvalue weighted by atomic mass is 10.0. The monoisotopic (exact) mass is 228 g/mol. The van der Waals surface area contributed by atoms with Gasteiger partial charge in [0.15, 0.2) is 0 Å². The molecule has 1 N–H and O–H groups in total. The highest BCUT2D eigenvalue weighted by molar-refractivity contribution is 5.77. The zero-order chi connectivity index (χ0) is 12.1. The Morgan fingerprint density at radius 3 is 2.69 bits per heavy atom. The highest BCUT2D eigenvalue weighted by Gasteiger charge is 2.23. The molecule has 0 aliphatic carbocycles. The summed E-state index contributed by atoms with van der Waals surface area (Å²) in [4.78, 5) is 25.8. The number of aliphatic carboxylic acids is 1. The van der Waals surface area contributed by atoms with Crippen molar-refractivity contribution in [2.24, 2.45) is 5.92 Å². The van der Waals surface area contributed by atoms with Crippen LogP contribution in [0.3, 0.4) is 0 Å². The minimum Gasteiger partial charge on any atom is -0.481 e. The van der Waals surface area contributed by atoms with Crippen LogP contribution in [-0.4, -0.2) is 60.5 Å². The zero-order valence-electron chi connectivity index (χ0n) is 9.98. The van der Waals surface area contributed by atoms with E-state index in [-0.39, 0.29) is 12.3 Å². The van der Waals surface area contributed by atoms with Crippen LogP contribution in [0.1, 0.15) is 19.3 Å². The van der Waals surface area contributed by atoms with Crippen LogP contribution in [0.2, 0.25) is 0 Å². The van der Waals surface area contributed by atoms with Gasteiger partial charge in [0.1, 0.15) is 0 Å². The van der Waals surface area contributed by atoms with E-state index in [1.807, 2.05) is 0 Å². The summed E-state index contributed by atoms with van der Waals surface area (Å²) in [6, 6.07) is 0. The molecule has 0 radical (unpaired) electrons. The van der Waals surface area contributed by atoms with E-state index in [4.69, 9.17) is 5.11 Å². The van der Waals surface area contributed by atoms with E-state index in [0.717, 1.165) is 19.5 Å². The number of carbonyl (C=O) groups is 2. The van der Waals surface area contributed by atoms with Crippen molar-refractivity contribution in [2.75, 3.05) is 33.7 Å². The molecule has 1 amide bonds. The summed E-state index contributed by atoms with van der Waals surface area (Å²) in [7, 11) is 3.72. The first kappa shape index (κ1) is 13.0. The molecule has 5 nitrogen and oxygen atoms in total. The molecule has 1 atom stereocenters. The van der Waals surface area contributed by atoms with Gasteiger partial charge < -0.3 is 14.9 Å². The molecule has 1 unspecified atom stereocenters. The highest BCUT2D eigenvalue weighted by Crippen LogP contribution is 2.18. The molecule has 0 aromatic carbocycles. The summed E-state index contributed by atoms with van der Waals surface area (Å²) in [5.74, 6) is -0.369. The van der Waals surface area contributed by atoms with Crippen molar-refractivity contribution < 1.29 is 14.7 Å². The molecule has 0 aromatic rings. The lowest BCUT2D eigenvalue weighted by Gasteiger charge is -2.18. The molecule has 1 fully saturated rings. The fraction of sp³-hybridized carbons (Fsp3) is 0.818. The second kappa shape index (κ2) is 5.84. The third-order valence-electron chi connectivity index (χ3n) is 3.04. The van der Waals surface area contributed by atoms with Gasteiger partial charge in [-0.2, -0.15) is 0 Å². The molecule has 1 heterocycles. The molecule has 1 rings (SSSR count). The first-order valence-electron chi connectivity index (χ1n) is 5.63. The van der Waals surface area contributed by atoms with E-state index in [2.05, 4.69) is 11.9 Å². The number of amides is 1. The van der Waals surface area contributed by atoms with E-state index >= 15 is 0 Å². The lowest BCUT2D eigenvalue weighted by Crippen LogP contribution is -2.31. The van der Waals surface area contributed by atoms with Gasteiger partial charge in [0.2, 0.25) is 5.91 Å². The molecule has 5 heteroatoms. The molecule has 1 aliphatic heterocycles. The van der Waals surface area contributed by atoms with Crippen LogP contribution >= 0.6 is 0 Å². The van der Waals surface area contributed by atoms with Crippen molar-refractivity contribution in [1.82, 2.24) is 9.80 Å². The number of carbonyl (C=O) groups excluding carboxylic acids is 1. The van der Waals surface area contributed by atoms with Gasteiger partial charge in [0, 0.05) is 26.6 Å². The predicted octanol–water partition coefficient (Wildman–Crippen LogP) is 0.261. The van der Waals surface area contributed by atoms with Crippen LogP contribution in [0.5, 0.6) is 0 Å². The second-order valence-electron chi connectivity index (χ2n) is 4.58. The number of nitrogens with zero attached hydrogens (tertiary/aromatic N) is 2. The fourth-order valence-electron chi connectivity index (χ4n) is 1.98. The van der Waals surface area contributed by atoms with Gasteiger partial charge in [0.25, 0.3) is 0 Å². The van der Waals surface area contributed by atoms with Crippen LogP contribution < -0.4 is 0 Å². The van der Waals surface area contributed by atoms with E-state index in [1.165, 1.54) is 4.90 Å². The summed E-state index contributed by atoms with van der Waals surface area (Å²) >= 11 is 0. The third kappa shape index (κ3) is 4.18. The SMILES string of the molecule is CN1CCC(CC(=O)N(C)CCC(=O)O)C1. The fourth-order valence-corrected chi connectivity index (χ4v) is 1.98. The van der Waals surface area contributed by atoms with Crippen molar-refractivity contribution in [3.05, 3.63) is 0 Å². The molecular weight excluding hydrogens is 208 g/mol. The van der Waals surface area contributed by atoms with Gasteiger partial charge in [-0.15, -0.1) is 0 Å². The van der Waals surface area contributed by atoms with Gasteiger partial charge in [-0.25, -0.2) is 0 Å². The van der Waals surface area contributed by atoms with Gasteiger partial charge in [-0.1, -0.05) is 0 Å². The van der Waals surface area contributed by atoms with Crippen LogP contribution in [-0.2, 0) is 9.59 Å². The molecule has 1 aliphatic rings. The third-order valence-corrected chi connectivity index (χ3v) is 3.04. The van der Waals surface area contributed by atoms with Crippen molar-refractivity contribution >= 4 is 11.9 Å². The Hall–Kier alpha value is -1.10. The first-order valence-corrected chi connectivity index (χ1v) is 5.63. The maximum Gasteiger partial charge on any atom is 0.305 e. The van der Waals surface area contributed by atoms with E-state index in [1.54, 1.807) is 7.05 Å². The number of hydrogen-bond acceptors (Lipinski definition) is 3. The number of carboxylic acid groups (broad SMARTS) is 1. The molecule has 0 spiro atoms. The number of hydrogen-bond donors (Lipinski definition) is 1. The van der Waals surface area contributed by atoms with Crippen LogP contribution in [0.4, 0.5) is 0 Å². The minimum absolute atomic E-state index is 0.0206. The van der Waals surface area contributed by atoms with Crippen LogP contribution in [0.25, 0.3) is 0 Å². The molecule has 1 saturated heterocycles. The number of likely N-dealkylation sites (tertiary alicyclic amines) is 1. The largest absolute Gasteiger partial charge is 0.481 e. The molecule has 92 valence electrons. The van der Waals surface area contributed by atoms with Crippen molar-refractivity contribution in [1.29, 1.82) is 0 Å². The highest BCUT2D eigenvalue weighted by atomic mass is 16.4. The average molecular weight is 228 g/mol. The van der Waals surface area contributed by atoms with Crippen molar-refractivity contribution in [2.45, 2.75) is 19.3 Å². The quantitative estimate of drug-likeness (QED) is 0.733. The average Bonchev–Trinajstić information content (AvgIpc) is 2.60. The maximum absolute atomic E-state index is 11.7. The van der Waals surface area contributed by atoms with Crippen molar-refractivity contribution in [3.8, 4) is 0 Å². The molecule has 0 aromatic heterocycles. The summed E-state index contributed by atoms with van der Waals surface area (Å²) < 4.78 is 0. The second-order valence-corrected chi connectivity index (χ2v) is 4.58. The van der Waals surface area contributed by atoms with E-state index in [9.17, 15) is 9.59 Å². The molecule has 16 heavy (non-hydrogen) atoms. The van der Waals surface area contributed by atoms with Crippen molar-refractivity contribution in [3.63, 3.8) is 0 Å². The summed E-state index contributed by atoms with van der Waals surface area (Å²) in [5, 5.41) is 8.52. The topological polar surface area (TPSA) is 60.9 Å². The van der Waals surface area contributed by atoms with E-state index < -0.39 is 5.97 Å². The van der Waals surface area contributed by atoms with Crippen LogP contribution in [0.15, 0.2) is 0 Å². The molecule has 0 bridgehead atoms. The summed E-state index contributed by atoms with van der Waals surface area (Å²) in [6.07, 6.45) is 1.63. The van der Waals surface area contributed by atoms with Gasteiger partial charge in [-0.05, 0) is 25.9 Å².